The van der Waals surface area contributed by atoms with Gasteiger partial charge >= 0.3 is 0 Å². The SMILES string of the molecule is O=C(NC1CCCCC1)C(c1ccccc1Cl)N(C(=O)c1ccccn1)c1ccccc1. The number of pyridine rings is 1. The fourth-order valence-electron chi connectivity index (χ4n) is 4.21. The average molecular weight is 448 g/mol. The molecule has 0 aliphatic heterocycles. The van der Waals surface area contributed by atoms with Gasteiger partial charge < -0.3 is 5.32 Å². The van der Waals surface area contributed by atoms with E-state index in [9.17, 15) is 9.59 Å². The lowest BCUT2D eigenvalue weighted by atomic mass is 9.94. The Balaban J connectivity index is 1.80. The van der Waals surface area contributed by atoms with Gasteiger partial charge in [-0.15, -0.1) is 0 Å². The number of nitrogens with zero attached hydrogens (tertiary/aromatic N) is 2. The van der Waals surface area contributed by atoms with Crippen LogP contribution in [0.15, 0.2) is 79.0 Å². The maximum absolute atomic E-state index is 13.7. The first-order valence-electron chi connectivity index (χ1n) is 11.0. The highest BCUT2D eigenvalue weighted by atomic mass is 35.5. The number of halogens is 1. The van der Waals surface area contributed by atoms with Crippen molar-refractivity contribution in [2.24, 2.45) is 0 Å². The van der Waals surface area contributed by atoms with Crippen LogP contribution in [0.2, 0.25) is 5.02 Å². The first-order valence-corrected chi connectivity index (χ1v) is 11.4. The zero-order valence-electron chi connectivity index (χ0n) is 17.8. The van der Waals surface area contributed by atoms with Crippen LogP contribution in [0, 0.1) is 0 Å². The minimum atomic E-state index is -0.928. The lowest BCUT2D eigenvalue weighted by molar-refractivity contribution is -0.123. The van der Waals surface area contributed by atoms with Crippen LogP contribution in [0.1, 0.15) is 54.2 Å². The van der Waals surface area contributed by atoms with Crippen molar-refractivity contribution in [1.29, 1.82) is 0 Å². The summed E-state index contributed by atoms with van der Waals surface area (Å²) >= 11 is 6.55. The molecule has 2 aromatic carbocycles. The second-order valence-electron chi connectivity index (χ2n) is 7.99. The number of carbonyl (C=O) groups excluding carboxylic acids is 2. The second kappa shape index (κ2) is 10.4. The summed E-state index contributed by atoms with van der Waals surface area (Å²) in [6, 6.07) is 20.7. The zero-order valence-corrected chi connectivity index (χ0v) is 18.5. The maximum Gasteiger partial charge on any atom is 0.277 e. The summed E-state index contributed by atoms with van der Waals surface area (Å²) in [5.74, 6) is -0.598. The zero-order chi connectivity index (χ0) is 22.3. The molecule has 0 radical (unpaired) electrons. The summed E-state index contributed by atoms with van der Waals surface area (Å²) in [6.45, 7) is 0. The third-order valence-electron chi connectivity index (χ3n) is 5.80. The summed E-state index contributed by atoms with van der Waals surface area (Å²) in [4.78, 5) is 33.2. The summed E-state index contributed by atoms with van der Waals surface area (Å²) < 4.78 is 0. The number of hydrogen-bond donors (Lipinski definition) is 1. The molecule has 3 aromatic rings. The van der Waals surface area contributed by atoms with Gasteiger partial charge in [-0.2, -0.15) is 0 Å². The van der Waals surface area contributed by atoms with Crippen molar-refractivity contribution in [3.8, 4) is 0 Å². The van der Waals surface area contributed by atoms with Gasteiger partial charge in [-0.25, -0.2) is 0 Å². The molecule has 1 fully saturated rings. The number of rotatable bonds is 6. The van der Waals surface area contributed by atoms with E-state index in [4.69, 9.17) is 11.6 Å². The van der Waals surface area contributed by atoms with Crippen molar-refractivity contribution >= 4 is 29.1 Å². The first kappa shape index (κ1) is 22.0. The summed E-state index contributed by atoms with van der Waals surface area (Å²) in [5.41, 5.74) is 1.45. The number of hydrogen-bond acceptors (Lipinski definition) is 3. The number of para-hydroxylation sites is 1. The molecular weight excluding hydrogens is 422 g/mol. The van der Waals surface area contributed by atoms with Crippen molar-refractivity contribution in [3.05, 3.63) is 95.3 Å². The van der Waals surface area contributed by atoms with Gasteiger partial charge in [0.05, 0.1) is 0 Å². The molecular formula is C26H26ClN3O2. The number of benzene rings is 2. The van der Waals surface area contributed by atoms with Gasteiger partial charge in [0.1, 0.15) is 11.7 Å². The molecule has 0 spiro atoms. The molecule has 1 saturated carbocycles. The minimum absolute atomic E-state index is 0.101. The standard InChI is InChI=1S/C26H26ClN3O2/c27-22-16-8-7-15-21(22)24(25(31)29-19-11-3-1-4-12-19)30(20-13-5-2-6-14-20)26(32)23-17-9-10-18-28-23/h2,5-10,13-19,24H,1,3-4,11-12H2,(H,29,31). The van der Waals surface area contributed by atoms with E-state index in [2.05, 4.69) is 10.3 Å². The first-order chi connectivity index (χ1) is 15.6. The molecule has 32 heavy (non-hydrogen) atoms. The maximum atomic E-state index is 13.7. The predicted molar refractivity (Wildman–Crippen MR) is 127 cm³/mol. The van der Waals surface area contributed by atoms with Gasteiger partial charge in [0.2, 0.25) is 5.91 Å². The largest absolute Gasteiger partial charge is 0.351 e. The smallest absolute Gasteiger partial charge is 0.277 e. The van der Waals surface area contributed by atoms with Gasteiger partial charge in [0.25, 0.3) is 5.91 Å². The molecule has 2 amide bonds. The highest BCUT2D eigenvalue weighted by molar-refractivity contribution is 6.31. The molecule has 5 nitrogen and oxygen atoms in total. The average Bonchev–Trinajstić information content (AvgIpc) is 2.84. The fourth-order valence-corrected chi connectivity index (χ4v) is 4.45. The summed E-state index contributed by atoms with van der Waals surface area (Å²) in [7, 11) is 0. The van der Waals surface area contributed by atoms with Crippen molar-refractivity contribution in [2.75, 3.05) is 4.90 Å². The van der Waals surface area contributed by atoms with E-state index in [1.165, 1.54) is 11.3 Å². The van der Waals surface area contributed by atoms with Crippen LogP contribution in [0.25, 0.3) is 0 Å². The molecule has 0 bridgehead atoms. The van der Waals surface area contributed by atoms with Crippen molar-refractivity contribution < 1.29 is 9.59 Å². The second-order valence-corrected chi connectivity index (χ2v) is 8.40. The van der Waals surface area contributed by atoms with Crippen molar-refractivity contribution in [1.82, 2.24) is 10.3 Å². The van der Waals surface area contributed by atoms with Crippen LogP contribution in [-0.4, -0.2) is 22.8 Å². The minimum Gasteiger partial charge on any atom is -0.351 e. The van der Waals surface area contributed by atoms with Gasteiger partial charge in [0, 0.05) is 28.5 Å². The highest BCUT2D eigenvalue weighted by Gasteiger charge is 2.36. The third-order valence-corrected chi connectivity index (χ3v) is 6.14. The Labute approximate surface area is 193 Å². The normalized spacial score (nSPS) is 15.0. The number of carbonyl (C=O) groups is 2. The van der Waals surface area contributed by atoms with Gasteiger partial charge in [-0.3, -0.25) is 19.5 Å². The molecule has 6 heteroatoms. The number of amides is 2. The lowest BCUT2D eigenvalue weighted by Gasteiger charge is -2.33. The number of anilines is 1. The van der Waals surface area contributed by atoms with E-state index in [1.54, 1.807) is 36.5 Å². The van der Waals surface area contributed by atoms with E-state index in [0.29, 0.717) is 16.3 Å². The van der Waals surface area contributed by atoms with Crippen LogP contribution in [-0.2, 0) is 4.79 Å². The number of nitrogens with one attached hydrogen (secondary N) is 1. The van der Waals surface area contributed by atoms with E-state index in [0.717, 1.165) is 25.7 Å². The monoisotopic (exact) mass is 447 g/mol. The molecule has 164 valence electrons. The van der Waals surface area contributed by atoms with Crippen LogP contribution < -0.4 is 10.2 Å². The molecule has 1 unspecified atom stereocenters. The van der Waals surface area contributed by atoms with Crippen molar-refractivity contribution in [3.63, 3.8) is 0 Å². The van der Waals surface area contributed by atoms with Crippen LogP contribution in [0.5, 0.6) is 0 Å². The molecule has 0 saturated heterocycles. The van der Waals surface area contributed by atoms with E-state index < -0.39 is 6.04 Å². The number of aromatic nitrogens is 1. The molecule has 1 aromatic heterocycles. The van der Waals surface area contributed by atoms with Gasteiger partial charge in [-0.05, 0) is 43.2 Å². The lowest BCUT2D eigenvalue weighted by Crippen LogP contribution is -2.47. The van der Waals surface area contributed by atoms with Gasteiger partial charge in [-0.1, -0.05) is 73.3 Å². The van der Waals surface area contributed by atoms with E-state index >= 15 is 0 Å². The van der Waals surface area contributed by atoms with Crippen molar-refractivity contribution in [2.45, 2.75) is 44.2 Å². The Morgan fingerprint density at radius 1 is 0.906 bits per heavy atom. The predicted octanol–water partition coefficient (Wildman–Crippen LogP) is 5.57. The molecule has 4 rings (SSSR count). The third kappa shape index (κ3) is 5.00. The Bertz CT molecular complexity index is 1050. The fraction of sp³-hybridized carbons (Fsp3) is 0.269. The highest BCUT2D eigenvalue weighted by Crippen LogP contribution is 2.33. The Morgan fingerprint density at radius 3 is 2.28 bits per heavy atom. The molecule has 1 atom stereocenters. The van der Waals surface area contributed by atoms with Gasteiger partial charge in [0.15, 0.2) is 0 Å². The van der Waals surface area contributed by atoms with Crippen LogP contribution in [0.4, 0.5) is 5.69 Å². The quantitative estimate of drug-likeness (QED) is 0.537. The summed E-state index contributed by atoms with van der Waals surface area (Å²) in [6.07, 6.45) is 6.84. The molecule has 1 N–H and O–H groups in total. The topological polar surface area (TPSA) is 62.3 Å². The van der Waals surface area contributed by atoms with E-state index in [1.807, 2.05) is 42.5 Å². The molecule has 1 aliphatic rings. The Kier molecular flexibility index (Phi) is 7.17. The van der Waals surface area contributed by atoms with E-state index in [-0.39, 0.29) is 23.6 Å². The Hall–Kier alpha value is -3.18. The van der Waals surface area contributed by atoms with Crippen LogP contribution >= 0.6 is 11.6 Å². The summed E-state index contributed by atoms with van der Waals surface area (Å²) in [5, 5.41) is 3.63. The van der Waals surface area contributed by atoms with Crippen LogP contribution in [0.3, 0.4) is 0 Å². The molecule has 1 heterocycles. The Morgan fingerprint density at radius 2 is 1.59 bits per heavy atom. The molecule has 1 aliphatic carbocycles.